The molecular formula is C12H14N2O3S. The molecule has 0 saturated carbocycles. The monoisotopic (exact) mass is 266 g/mol. The van der Waals surface area contributed by atoms with Crippen molar-refractivity contribution in [3.05, 3.63) is 18.0 Å². The summed E-state index contributed by atoms with van der Waals surface area (Å²) in [6.07, 6.45) is 1.32. The molecule has 0 aliphatic heterocycles. The largest absolute Gasteiger partial charge is 0.476 e. The van der Waals surface area contributed by atoms with Crippen molar-refractivity contribution in [2.24, 2.45) is 0 Å². The topological polar surface area (TPSA) is 83.2 Å². The van der Waals surface area contributed by atoms with Gasteiger partial charge in [0.1, 0.15) is 11.8 Å². The van der Waals surface area contributed by atoms with Gasteiger partial charge in [0, 0.05) is 4.90 Å². The normalized spacial score (nSPS) is 10.8. The summed E-state index contributed by atoms with van der Waals surface area (Å²) in [5.41, 5.74) is -0.968. The van der Waals surface area contributed by atoms with E-state index in [1.807, 2.05) is 13.0 Å². The van der Waals surface area contributed by atoms with E-state index in [0.717, 1.165) is 5.75 Å². The zero-order valence-electron chi connectivity index (χ0n) is 10.4. The predicted octanol–water partition coefficient (Wildman–Crippen LogP) is 2.57. The van der Waals surface area contributed by atoms with Crippen LogP contribution in [0.15, 0.2) is 17.2 Å². The zero-order valence-corrected chi connectivity index (χ0v) is 11.2. The molecule has 1 rings (SSSR count). The quantitative estimate of drug-likeness (QED) is 0.825. The molecule has 0 saturated heterocycles. The molecule has 0 fully saturated rings. The van der Waals surface area contributed by atoms with Gasteiger partial charge in [-0.3, -0.25) is 0 Å². The van der Waals surface area contributed by atoms with Crippen LogP contribution in [0.25, 0.3) is 0 Å². The molecule has 0 atom stereocenters. The number of nitrogens with zero attached hydrogens (tertiary/aromatic N) is 2. The van der Waals surface area contributed by atoms with Crippen LogP contribution in [0.4, 0.5) is 0 Å². The number of hydrogen-bond acceptors (Lipinski definition) is 5. The molecule has 0 aromatic carbocycles. The second-order valence-corrected chi connectivity index (χ2v) is 5.29. The third kappa shape index (κ3) is 3.64. The van der Waals surface area contributed by atoms with Gasteiger partial charge in [-0.15, -0.1) is 11.8 Å². The Morgan fingerprint density at radius 3 is 2.83 bits per heavy atom. The Bertz CT molecular complexity index is 495. The first-order valence-corrected chi connectivity index (χ1v) is 6.34. The number of carboxylic acid groups (broad SMARTS) is 1. The Morgan fingerprint density at radius 1 is 1.67 bits per heavy atom. The molecule has 96 valence electrons. The van der Waals surface area contributed by atoms with Crippen molar-refractivity contribution < 1.29 is 14.6 Å². The van der Waals surface area contributed by atoms with Crippen molar-refractivity contribution in [2.45, 2.75) is 31.3 Å². The van der Waals surface area contributed by atoms with Crippen molar-refractivity contribution in [1.82, 2.24) is 4.98 Å². The number of carboxylic acids is 1. The summed E-state index contributed by atoms with van der Waals surface area (Å²) in [5, 5.41) is 17.9. The SMILES string of the molecule is CCSc1cc(OC(C)(C)C#N)cnc1C(=O)O. The van der Waals surface area contributed by atoms with Crippen LogP contribution in [0.1, 0.15) is 31.3 Å². The van der Waals surface area contributed by atoms with E-state index in [1.54, 1.807) is 19.9 Å². The lowest BCUT2D eigenvalue weighted by Crippen LogP contribution is -2.25. The lowest BCUT2D eigenvalue weighted by Gasteiger charge is -2.18. The number of aromatic carboxylic acids is 1. The van der Waals surface area contributed by atoms with E-state index < -0.39 is 11.6 Å². The van der Waals surface area contributed by atoms with Gasteiger partial charge < -0.3 is 9.84 Å². The second kappa shape index (κ2) is 5.74. The maximum atomic E-state index is 11.0. The Kier molecular flexibility index (Phi) is 4.56. The standard InChI is InChI=1S/C12H14N2O3S/c1-4-18-9-5-8(17-12(2,3)7-13)6-14-10(9)11(15)16/h5-6H,4H2,1-3H3,(H,15,16). The van der Waals surface area contributed by atoms with Crippen LogP contribution in [0.3, 0.4) is 0 Å². The highest BCUT2D eigenvalue weighted by atomic mass is 32.2. The van der Waals surface area contributed by atoms with E-state index in [4.69, 9.17) is 15.1 Å². The number of pyridine rings is 1. The van der Waals surface area contributed by atoms with Gasteiger partial charge in [-0.2, -0.15) is 5.26 Å². The van der Waals surface area contributed by atoms with E-state index in [-0.39, 0.29) is 5.69 Å². The van der Waals surface area contributed by atoms with Gasteiger partial charge in [-0.1, -0.05) is 6.92 Å². The number of rotatable bonds is 5. The summed E-state index contributed by atoms with van der Waals surface area (Å²) in [7, 11) is 0. The minimum absolute atomic E-state index is 0.00367. The highest BCUT2D eigenvalue weighted by Crippen LogP contribution is 2.27. The van der Waals surface area contributed by atoms with Crippen LogP contribution in [0, 0.1) is 11.3 Å². The molecule has 18 heavy (non-hydrogen) atoms. The van der Waals surface area contributed by atoms with Crippen molar-refractivity contribution in [3.8, 4) is 11.8 Å². The predicted molar refractivity (Wildman–Crippen MR) is 67.9 cm³/mol. The molecule has 1 N–H and O–H groups in total. The molecule has 0 radical (unpaired) electrons. The summed E-state index contributed by atoms with van der Waals surface area (Å²) < 4.78 is 5.44. The Balaban J connectivity index is 3.08. The molecule has 0 amide bonds. The molecule has 0 aliphatic carbocycles. The summed E-state index contributed by atoms with van der Waals surface area (Å²) in [6, 6.07) is 3.61. The summed E-state index contributed by atoms with van der Waals surface area (Å²) in [5.74, 6) is 0.0482. The first kappa shape index (κ1) is 14.3. The fraction of sp³-hybridized carbons (Fsp3) is 0.417. The number of carbonyl (C=O) groups is 1. The van der Waals surface area contributed by atoms with Gasteiger partial charge >= 0.3 is 5.97 Å². The van der Waals surface area contributed by atoms with Crippen molar-refractivity contribution in [2.75, 3.05) is 5.75 Å². The first-order chi connectivity index (χ1) is 8.39. The van der Waals surface area contributed by atoms with Gasteiger partial charge in [0.05, 0.1) is 6.20 Å². The van der Waals surface area contributed by atoms with E-state index in [1.165, 1.54) is 18.0 Å². The molecule has 5 nitrogen and oxygen atoms in total. The average molecular weight is 266 g/mol. The third-order valence-corrected chi connectivity index (χ3v) is 2.88. The number of ether oxygens (including phenoxy) is 1. The van der Waals surface area contributed by atoms with E-state index >= 15 is 0 Å². The molecule has 0 bridgehead atoms. The zero-order chi connectivity index (χ0) is 13.8. The van der Waals surface area contributed by atoms with E-state index in [2.05, 4.69) is 4.98 Å². The first-order valence-electron chi connectivity index (χ1n) is 5.36. The lowest BCUT2D eigenvalue weighted by molar-refractivity contribution is 0.0686. The molecular weight excluding hydrogens is 252 g/mol. The summed E-state index contributed by atoms with van der Waals surface area (Å²) in [6.45, 7) is 5.18. The van der Waals surface area contributed by atoms with Crippen LogP contribution in [-0.4, -0.2) is 27.4 Å². The second-order valence-electron chi connectivity index (χ2n) is 3.98. The molecule has 1 aromatic heterocycles. The Morgan fingerprint density at radius 2 is 2.33 bits per heavy atom. The highest BCUT2D eigenvalue weighted by Gasteiger charge is 2.20. The molecule has 1 aromatic rings. The maximum Gasteiger partial charge on any atom is 0.355 e. The smallest absolute Gasteiger partial charge is 0.355 e. The number of aromatic nitrogens is 1. The molecule has 0 spiro atoms. The van der Waals surface area contributed by atoms with Gasteiger partial charge in [0.25, 0.3) is 0 Å². The van der Waals surface area contributed by atoms with Crippen LogP contribution < -0.4 is 4.74 Å². The van der Waals surface area contributed by atoms with Crippen LogP contribution in [0.2, 0.25) is 0 Å². The highest BCUT2D eigenvalue weighted by molar-refractivity contribution is 7.99. The van der Waals surface area contributed by atoms with Gasteiger partial charge in [-0.25, -0.2) is 9.78 Å². The summed E-state index contributed by atoms with van der Waals surface area (Å²) >= 11 is 1.37. The molecule has 0 aliphatic rings. The average Bonchev–Trinajstić information content (AvgIpc) is 2.29. The van der Waals surface area contributed by atoms with Gasteiger partial charge in [0.2, 0.25) is 0 Å². The summed E-state index contributed by atoms with van der Waals surface area (Å²) in [4.78, 5) is 15.4. The van der Waals surface area contributed by atoms with Gasteiger partial charge in [-0.05, 0) is 25.7 Å². The van der Waals surface area contributed by atoms with Crippen LogP contribution >= 0.6 is 11.8 Å². The van der Waals surface area contributed by atoms with E-state index in [9.17, 15) is 4.79 Å². The lowest BCUT2D eigenvalue weighted by atomic mass is 10.2. The van der Waals surface area contributed by atoms with Crippen molar-refractivity contribution in [1.29, 1.82) is 5.26 Å². The number of hydrogen-bond donors (Lipinski definition) is 1. The minimum atomic E-state index is -1.07. The fourth-order valence-corrected chi connectivity index (χ4v) is 2.01. The Hall–Kier alpha value is -1.74. The maximum absolute atomic E-state index is 11.0. The van der Waals surface area contributed by atoms with Crippen molar-refractivity contribution in [3.63, 3.8) is 0 Å². The number of nitriles is 1. The molecule has 1 heterocycles. The third-order valence-electron chi connectivity index (χ3n) is 1.97. The number of thioether (sulfide) groups is 1. The van der Waals surface area contributed by atoms with E-state index in [0.29, 0.717) is 10.6 Å². The fourth-order valence-electron chi connectivity index (χ4n) is 1.23. The van der Waals surface area contributed by atoms with Gasteiger partial charge in [0.15, 0.2) is 11.3 Å². The molecule has 0 unspecified atom stereocenters. The van der Waals surface area contributed by atoms with Crippen LogP contribution in [0.5, 0.6) is 5.75 Å². The molecule has 6 heteroatoms. The van der Waals surface area contributed by atoms with Crippen LogP contribution in [-0.2, 0) is 0 Å². The minimum Gasteiger partial charge on any atom is -0.476 e. The Labute approximate surface area is 110 Å². The van der Waals surface area contributed by atoms with Crippen molar-refractivity contribution >= 4 is 17.7 Å².